The second-order valence-corrected chi connectivity index (χ2v) is 7.87. The smallest absolute Gasteiger partial charge is 0.306 e. The zero-order valence-corrected chi connectivity index (χ0v) is 14.7. The predicted octanol–water partition coefficient (Wildman–Crippen LogP) is 4.94. The normalized spacial score (nSPS) is 18.0. The SMILES string of the molecule is O=C(O)C1CCN(C(c2ccc(Cl)s2)c2ccccc2Cl)CC1. The number of hydrogen-bond acceptors (Lipinski definition) is 3. The lowest BCUT2D eigenvalue weighted by Gasteiger charge is -2.36. The first kappa shape index (κ1) is 16.8. The lowest BCUT2D eigenvalue weighted by atomic mass is 9.94. The lowest BCUT2D eigenvalue weighted by Crippen LogP contribution is -2.39. The molecule has 2 heterocycles. The molecule has 0 spiro atoms. The minimum Gasteiger partial charge on any atom is -0.481 e. The summed E-state index contributed by atoms with van der Waals surface area (Å²) in [4.78, 5) is 14.6. The van der Waals surface area contributed by atoms with E-state index in [0.717, 1.165) is 32.9 Å². The van der Waals surface area contributed by atoms with Gasteiger partial charge >= 0.3 is 5.97 Å². The summed E-state index contributed by atoms with van der Waals surface area (Å²) in [5.74, 6) is -0.941. The molecule has 23 heavy (non-hydrogen) atoms. The zero-order chi connectivity index (χ0) is 16.4. The highest BCUT2D eigenvalue weighted by Crippen LogP contribution is 2.39. The molecule has 1 aromatic heterocycles. The van der Waals surface area contributed by atoms with Crippen molar-refractivity contribution in [2.24, 2.45) is 5.92 Å². The van der Waals surface area contributed by atoms with Crippen LogP contribution in [0.4, 0.5) is 0 Å². The molecule has 1 aliphatic heterocycles. The summed E-state index contributed by atoms with van der Waals surface area (Å²) < 4.78 is 0.748. The Morgan fingerprint density at radius 2 is 1.87 bits per heavy atom. The number of thiophene rings is 1. The van der Waals surface area contributed by atoms with Crippen LogP contribution in [0.1, 0.15) is 29.3 Å². The molecule has 3 rings (SSSR count). The lowest BCUT2D eigenvalue weighted by molar-refractivity contribution is -0.143. The summed E-state index contributed by atoms with van der Waals surface area (Å²) >= 11 is 14.1. The van der Waals surface area contributed by atoms with Crippen molar-refractivity contribution in [1.29, 1.82) is 0 Å². The number of rotatable bonds is 4. The van der Waals surface area contributed by atoms with Crippen LogP contribution >= 0.6 is 34.5 Å². The molecule has 1 saturated heterocycles. The number of piperidine rings is 1. The monoisotopic (exact) mass is 369 g/mol. The summed E-state index contributed by atoms with van der Waals surface area (Å²) in [5.41, 5.74) is 1.04. The summed E-state index contributed by atoms with van der Waals surface area (Å²) in [7, 11) is 0. The van der Waals surface area contributed by atoms with Gasteiger partial charge in [-0.3, -0.25) is 9.69 Å². The number of benzene rings is 1. The Bertz CT molecular complexity index is 695. The maximum atomic E-state index is 11.2. The fraction of sp³-hybridized carbons (Fsp3) is 0.353. The van der Waals surface area contributed by atoms with Crippen molar-refractivity contribution in [1.82, 2.24) is 4.90 Å². The third kappa shape index (κ3) is 3.72. The van der Waals surface area contributed by atoms with Crippen molar-refractivity contribution < 1.29 is 9.90 Å². The van der Waals surface area contributed by atoms with E-state index in [1.165, 1.54) is 0 Å². The number of likely N-dealkylation sites (tertiary alicyclic amines) is 1. The molecular formula is C17H17Cl2NO2S. The minimum atomic E-state index is -0.696. The van der Waals surface area contributed by atoms with E-state index in [-0.39, 0.29) is 12.0 Å². The van der Waals surface area contributed by atoms with Gasteiger partial charge in [0.25, 0.3) is 0 Å². The quantitative estimate of drug-likeness (QED) is 0.829. The van der Waals surface area contributed by atoms with Crippen LogP contribution < -0.4 is 0 Å². The zero-order valence-electron chi connectivity index (χ0n) is 12.4. The highest BCUT2D eigenvalue weighted by atomic mass is 35.5. The highest BCUT2D eigenvalue weighted by molar-refractivity contribution is 7.16. The van der Waals surface area contributed by atoms with Gasteiger partial charge in [0.05, 0.1) is 16.3 Å². The van der Waals surface area contributed by atoms with Crippen LogP contribution in [0.15, 0.2) is 36.4 Å². The number of nitrogens with zero attached hydrogens (tertiary/aromatic N) is 1. The third-order valence-electron chi connectivity index (χ3n) is 4.31. The van der Waals surface area contributed by atoms with Gasteiger partial charge < -0.3 is 5.11 Å². The van der Waals surface area contributed by atoms with E-state index in [9.17, 15) is 9.90 Å². The topological polar surface area (TPSA) is 40.5 Å². The predicted molar refractivity (Wildman–Crippen MR) is 94.6 cm³/mol. The number of aliphatic carboxylic acids is 1. The molecule has 0 saturated carbocycles. The van der Waals surface area contributed by atoms with Crippen molar-refractivity contribution in [3.63, 3.8) is 0 Å². The molecule has 0 amide bonds. The van der Waals surface area contributed by atoms with E-state index in [2.05, 4.69) is 4.90 Å². The Kier molecular flexibility index (Phi) is 5.27. The Labute approximate surface area is 149 Å². The molecule has 0 bridgehead atoms. The molecule has 1 fully saturated rings. The first-order valence-corrected chi connectivity index (χ1v) is 9.10. The van der Waals surface area contributed by atoms with E-state index >= 15 is 0 Å². The molecule has 122 valence electrons. The van der Waals surface area contributed by atoms with Gasteiger partial charge in [-0.05, 0) is 49.7 Å². The Hall–Kier alpha value is -1.07. The summed E-state index contributed by atoms with van der Waals surface area (Å²) in [5, 5.41) is 9.91. The van der Waals surface area contributed by atoms with Crippen LogP contribution in [0, 0.1) is 5.92 Å². The average molecular weight is 370 g/mol. The molecule has 1 atom stereocenters. The second-order valence-electron chi connectivity index (χ2n) is 5.71. The molecule has 6 heteroatoms. The molecule has 1 aromatic carbocycles. The Balaban J connectivity index is 1.91. The number of carboxylic acids is 1. The van der Waals surface area contributed by atoms with Gasteiger partial charge in [0.2, 0.25) is 0 Å². The first-order valence-electron chi connectivity index (χ1n) is 7.53. The fourth-order valence-corrected chi connectivity index (χ4v) is 4.56. The van der Waals surface area contributed by atoms with Gasteiger partial charge in [0.1, 0.15) is 0 Å². The van der Waals surface area contributed by atoms with Crippen molar-refractivity contribution in [2.75, 3.05) is 13.1 Å². The van der Waals surface area contributed by atoms with Crippen LogP contribution in [0.3, 0.4) is 0 Å². The van der Waals surface area contributed by atoms with Crippen LogP contribution in [0.2, 0.25) is 9.36 Å². The number of carbonyl (C=O) groups is 1. The first-order chi connectivity index (χ1) is 11.1. The van der Waals surface area contributed by atoms with Gasteiger partial charge in [-0.25, -0.2) is 0 Å². The maximum absolute atomic E-state index is 11.2. The van der Waals surface area contributed by atoms with Gasteiger partial charge in [0.15, 0.2) is 0 Å². The summed E-state index contributed by atoms with van der Waals surface area (Å²) in [6.45, 7) is 1.48. The molecule has 1 N–H and O–H groups in total. The van der Waals surface area contributed by atoms with Gasteiger partial charge in [-0.1, -0.05) is 41.4 Å². The molecule has 0 aliphatic carbocycles. The summed E-state index contributed by atoms with van der Waals surface area (Å²) in [6, 6.07) is 11.8. The van der Waals surface area contributed by atoms with E-state index in [1.54, 1.807) is 11.3 Å². The van der Waals surface area contributed by atoms with E-state index in [1.807, 2.05) is 36.4 Å². The van der Waals surface area contributed by atoms with Crippen molar-refractivity contribution in [3.8, 4) is 0 Å². The highest BCUT2D eigenvalue weighted by Gasteiger charge is 2.31. The van der Waals surface area contributed by atoms with Crippen molar-refractivity contribution in [2.45, 2.75) is 18.9 Å². The van der Waals surface area contributed by atoms with Crippen molar-refractivity contribution >= 4 is 40.5 Å². The molecule has 2 aromatic rings. The minimum absolute atomic E-state index is 0.0240. The number of hydrogen-bond donors (Lipinski definition) is 1. The molecule has 3 nitrogen and oxygen atoms in total. The van der Waals surface area contributed by atoms with E-state index in [4.69, 9.17) is 23.2 Å². The van der Waals surface area contributed by atoms with Crippen LogP contribution in [0.25, 0.3) is 0 Å². The molecule has 0 radical (unpaired) electrons. The van der Waals surface area contributed by atoms with E-state index < -0.39 is 5.97 Å². The van der Waals surface area contributed by atoms with Gasteiger partial charge in [-0.15, -0.1) is 11.3 Å². The van der Waals surface area contributed by atoms with Crippen LogP contribution in [-0.4, -0.2) is 29.1 Å². The second kappa shape index (κ2) is 7.22. The van der Waals surface area contributed by atoms with Crippen LogP contribution in [-0.2, 0) is 4.79 Å². The van der Waals surface area contributed by atoms with Crippen LogP contribution in [0.5, 0.6) is 0 Å². The third-order valence-corrected chi connectivity index (χ3v) is 5.94. The molecule has 1 aliphatic rings. The fourth-order valence-electron chi connectivity index (χ4n) is 3.11. The van der Waals surface area contributed by atoms with Gasteiger partial charge in [0, 0.05) is 9.90 Å². The number of carboxylic acid groups (broad SMARTS) is 1. The van der Waals surface area contributed by atoms with Gasteiger partial charge in [-0.2, -0.15) is 0 Å². The van der Waals surface area contributed by atoms with Crippen molar-refractivity contribution in [3.05, 3.63) is 56.2 Å². The standard InChI is InChI=1S/C17H17Cl2NO2S/c18-13-4-2-1-3-12(13)16(14-5-6-15(19)23-14)20-9-7-11(8-10-20)17(21)22/h1-6,11,16H,7-10H2,(H,21,22). The van der Waals surface area contributed by atoms with E-state index in [0.29, 0.717) is 12.8 Å². The largest absolute Gasteiger partial charge is 0.481 e. The maximum Gasteiger partial charge on any atom is 0.306 e. The summed E-state index contributed by atoms with van der Waals surface area (Å²) in [6.07, 6.45) is 1.32. The molecular weight excluding hydrogens is 353 g/mol. The Morgan fingerprint density at radius 3 is 2.43 bits per heavy atom. The number of halogens is 2. The Morgan fingerprint density at radius 1 is 1.17 bits per heavy atom. The average Bonchev–Trinajstić information content (AvgIpc) is 2.96. The molecule has 1 unspecified atom stereocenters.